The average Bonchev–Trinajstić information content (AvgIpc) is 2.40. The van der Waals surface area contributed by atoms with Crippen LogP contribution in [-0.2, 0) is 0 Å². The Labute approximate surface area is 131 Å². The van der Waals surface area contributed by atoms with Crippen LogP contribution in [0, 0.1) is 13.8 Å². The fourth-order valence-electron chi connectivity index (χ4n) is 2.27. The molecule has 0 aliphatic heterocycles. The summed E-state index contributed by atoms with van der Waals surface area (Å²) in [6.45, 7) is 4.07. The molecular formula is C16H12BrClN2. The molecule has 0 atom stereocenters. The Bertz CT molecular complexity index is 815. The van der Waals surface area contributed by atoms with Crippen LogP contribution in [0.5, 0.6) is 0 Å². The van der Waals surface area contributed by atoms with Crippen molar-refractivity contribution in [2.75, 3.05) is 0 Å². The molecule has 0 spiro atoms. The summed E-state index contributed by atoms with van der Waals surface area (Å²) in [6, 6.07) is 12.0. The first-order valence-electron chi connectivity index (χ1n) is 6.25. The molecule has 0 aliphatic rings. The van der Waals surface area contributed by atoms with Crippen LogP contribution in [0.4, 0.5) is 0 Å². The van der Waals surface area contributed by atoms with E-state index in [1.807, 2.05) is 50.2 Å². The second-order valence-electron chi connectivity index (χ2n) is 4.77. The highest BCUT2D eigenvalue weighted by Crippen LogP contribution is 2.30. The van der Waals surface area contributed by atoms with Gasteiger partial charge >= 0.3 is 0 Å². The molecule has 0 saturated carbocycles. The predicted octanol–water partition coefficient (Wildman–Crippen LogP) is 5.33. The summed E-state index contributed by atoms with van der Waals surface area (Å²) in [7, 11) is 0. The third kappa shape index (κ3) is 2.32. The molecule has 1 aromatic heterocycles. The van der Waals surface area contributed by atoms with Crippen molar-refractivity contribution in [1.82, 2.24) is 9.97 Å². The van der Waals surface area contributed by atoms with Gasteiger partial charge in [0, 0.05) is 15.4 Å². The Hall–Kier alpha value is -1.45. The molecule has 100 valence electrons. The fraction of sp³-hybridized carbons (Fsp3) is 0.125. The van der Waals surface area contributed by atoms with E-state index in [0.29, 0.717) is 11.0 Å². The first-order valence-corrected chi connectivity index (χ1v) is 7.43. The van der Waals surface area contributed by atoms with Crippen molar-refractivity contribution in [3.63, 3.8) is 0 Å². The molecule has 3 aromatic rings. The highest BCUT2D eigenvalue weighted by molar-refractivity contribution is 9.10. The van der Waals surface area contributed by atoms with E-state index in [9.17, 15) is 0 Å². The summed E-state index contributed by atoms with van der Waals surface area (Å²) >= 11 is 9.81. The molecule has 0 aliphatic carbocycles. The number of hydrogen-bond donors (Lipinski definition) is 0. The van der Waals surface area contributed by atoms with Crippen LogP contribution < -0.4 is 0 Å². The SMILES string of the molecule is Cc1ccccc1-c1nc(Cl)c2cc(Br)cc(C)c2n1. The zero-order chi connectivity index (χ0) is 14.3. The number of rotatable bonds is 1. The molecule has 3 rings (SSSR count). The van der Waals surface area contributed by atoms with E-state index in [0.717, 1.165) is 32.1 Å². The lowest BCUT2D eigenvalue weighted by atomic mass is 10.1. The third-order valence-corrected chi connectivity index (χ3v) is 4.04. The first-order chi connectivity index (χ1) is 9.56. The standard InChI is InChI=1S/C16H12BrClN2/c1-9-5-3-4-6-12(9)16-19-14-10(2)7-11(17)8-13(14)15(18)20-16/h3-8H,1-2H3. The third-order valence-electron chi connectivity index (χ3n) is 3.30. The number of halogens is 2. The molecule has 2 nitrogen and oxygen atoms in total. The zero-order valence-corrected chi connectivity index (χ0v) is 13.5. The van der Waals surface area contributed by atoms with Gasteiger partial charge in [0.1, 0.15) is 5.15 Å². The highest BCUT2D eigenvalue weighted by atomic mass is 79.9. The van der Waals surface area contributed by atoms with Crippen molar-refractivity contribution in [2.45, 2.75) is 13.8 Å². The summed E-state index contributed by atoms with van der Waals surface area (Å²) < 4.78 is 0.983. The minimum Gasteiger partial charge on any atom is -0.228 e. The van der Waals surface area contributed by atoms with Crippen LogP contribution in [0.2, 0.25) is 5.15 Å². The number of benzene rings is 2. The molecule has 20 heavy (non-hydrogen) atoms. The van der Waals surface area contributed by atoms with Crippen LogP contribution in [-0.4, -0.2) is 9.97 Å². The van der Waals surface area contributed by atoms with Crippen molar-refractivity contribution in [3.05, 3.63) is 57.2 Å². The van der Waals surface area contributed by atoms with Gasteiger partial charge in [-0.15, -0.1) is 0 Å². The van der Waals surface area contributed by atoms with Gasteiger partial charge in [0.2, 0.25) is 0 Å². The minimum absolute atomic E-state index is 0.484. The number of nitrogens with zero attached hydrogens (tertiary/aromatic N) is 2. The van der Waals surface area contributed by atoms with Crippen molar-refractivity contribution < 1.29 is 0 Å². The van der Waals surface area contributed by atoms with E-state index in [1.165, 1.54) is 0 Å². The average molecular weight is 348 g/mol. The maximum absolute atomic E-state index is 6.34. The second kappa shape index (κ2) is 5.15. The largest absolute Gasteiger partial charge is 0.228 e. The smallest absolute Gasteiger partial charge is 0.161 e. The Morgan fingerprint density at radius 3 is 2.50 bits per heavy atom. The van der Waals surface area contributed by atoms with Gasteiger partial charge in [-0.1, -0.05) is 51.8 Å². The van der Waals surface area contributed by atoms with Gasteiger partial charge < -0.3 is 0 Å². The van der Waals surface area contributed by atoms with Crippen molar-refractivity contribution >= 4 is 38.4 Å². The summed E-state index contributed by atoms with van der Waals surface area (Å²) in [5.74, 6) is 0.672. The number of aromatic nitrogens is 2. The molecule has 4 heteroatoms. The summed E-state index contributed by atoms with van der Waals surface area (Å²) in [5, 5.41) is 1.36. The fourth-order valence-corrected chi connectivity index (χ4v) is 3.07. The Morgan fingerprint density at radius 1 is 1.00 bits per heavy atom. The summed E-state index contributed by atoms with van der Waals surface area (Å²) in [6.07, 6.45) is 0. The lowest BCUT2D eigenvalue weighted by Gasteiger charge is -2.09. The van der Waals surface area contributed by atoms with Crippen molar-refractivity contribution in [2.24, 2.45) is 0 Å². The van der Waals surface area contributed by atoms with Crippen molar-refractivity contribution in [3.8, 4) is 11.4 Å². The van der Waals surface area contributed by atoms with Gasteiger partial charge in [0.25, 0.3) is 0 Å². The second-order valence-corrected chi connectivity index (χ2v) is 6.05. The van der Waals surface area contributed by atoms with Gasteiger partial charge in [-0.25, -0.2) is 9.97 Å². The molecule has 0 saturated heterocycles. The van der Waals surface area contributed by atoms with Gasteiger partial charge in [-0.3, -0.25) is 0 Å². The molecule has 0 unspecified atom stereocenters. The number of fused-ring (bicyclic) bond motifs is 1. The molecule has 0 amide bonds. The zero-order valence-electron chi connectivity index (χ0n) is 11.1. The van der Waals surface area contributed by atoms with Gasteiger partial charge in [0.15, 0.2) is 5.82 Å². The maximum Gasteiger partial charge on any atom is 0.161 e. The Balaban J connectivity index is 2.33. The number of aryl methyl sites for hydroxylation is 2. The van der Waals surface area contributed by atoms with E-state index in [4.69, 9.17) is 16.6 Å². The molecule has 0 radical (unpaired) electrons. The molecule has 0 bridgehead atoms. The summed E-state index contributed by atoms with van der Waals surface area (Å²) in [4.78, 5) is 9.14. The normalized spacial score (nSPS) is 11.0. The van der Waals surface area contributed by atoms with Crippen LogP contribution in [0.15, 0.2) is 40.9 Å². The lowest BCUT2D eigenvalue weighted by molar-refractivity contribution is 1.20. The number of hydrogen-bond acceptors (Lipinski definition) is 2. The van der Waals surface area contributed by atoms with E-state index < -0.39 is 0 Å². The quantitative estimate of drug-likeness (QED) is 0.556. The topological polar surface area (TPSA) is 25.8 Å². The molecular weight excluding hydrogens is 336 g/mol. The maximum atomic E-state index is 6.34. The summed E-state index contributed by atoms with van der Waals surface area (Å²) in [5.41, 5.74) is 4.12. The predicted molar refractivity (Wildman–Crippen MR) is 87.2 cm³/mol. The van der Waals surface area contributed by atoms with Gasteiger partial charge in [-0.05, 0) is 37.1 Å². The molecule has 1 heterocycles. The molecule has 0 fully saturated rings. The molecule has 2 aromatic carbocycles. The van der Waals surface area contributed by atoms with Crippen LogP contribution in [0.25, 0.3) is 22.3 Å². The van der Waals surface area contributed by atoms with Crippen LogP contribution in [0.1, 0.15) is 11.1 Å². The van der Waals surface area contributed by atoms with Crippen LogP contribution >= 0.6 is 27.5 Å². The van der Waals surface area contributed by atoms with E-state index in [1.54, 1.807) is 0 Å². The van der Waals surface area contributed by atoms with Gasteiger partial charge in [0.05, 0.1) is 5.52 Å². The highest BCUT2D eigenvalue weighted by Gasteiger charge is 2.11. The van der Waals surface area contributed by atoms with E-state index in [2.05, 4.69) is 20.9 Å². The minimum atomic E-state index is 0.484. The Kier molecular flexibility index (Phi) is 3.48. The van der Waals surface area contributed by atoms with E-state index >= 15 is 0 Å². The lowest BCUT2D eigenvalue weighted by Crippen LogP contribution is -1.95. The first kappa shape index (κ1) is 13.5. The Morgan fingerprint density at radius 2 is 1.75 bits per heavy atom. The van der Waals surface area contributed by atoms with Crippen molar-refractivity contribution in [1.29, 1.82) is 0 Å². The van der Waals surface area contributed by atoms with E-state index in [-0.39, 0.29) is 0 Å². The monoisotopic (exact) mass is 346 g/mol. The van der Waals surface area contributed by atoms with Crippen LogP contribution in [0.3, 0.4) is 0 Å². The molecule has 0 N–H and O–H groups in total. The van der Waals surface area contributed by atoms with Gasteiger partial charge in [-0.2, -0.15) is 0 Å².